The number of rotatable bonds is 10. The van der Waals surface area contributed by atoms with Gasteiger partial charge in [-0.3, -0.25) is 9.59 Å². The van der Waals surface area contributed by atoms with Crippen molar-refractivity contribution in [2.24, 2.45) is 5.92 Å². The minimum Gasteiger partial charge on any atom is -0.481 e. The fourth-order valence-electron chi connectivity index (χ4n) is 1.52. The molecule has 17 heavy (non-hydrogen) atoms. The number of carboxylic acid groups (broad SMARTS) is 1. The number of nitrogens with one attached hydrogen (secondary N) is 1. The Morgan fingerprint density at radius 3 is 2.35 bits per heavy atom. The molecule has 0 aromatic carbocycles. The molecule has 0 aliphatic heterocycles. The maximum absolute atomic E-state index is 11.4. The van der Waals surface area contributed by atoms with Gasteiger partial charge < -0.3 is 15.5 Å². The van der Waals surface area contributed by atoms with Crippen LogP contribution in [0.4, 0.5) is 0 Å². The number of unbranched alkanes of at least 4 members (excludes halogenated alkanes) is 3. The molecule has 0 aliphatic carbocycles. The lowest BCUT2D eigenvalue weighted by molar-refractivity contribution is -0.144. The molecular formula is C12H23NO4. The molecule has 5 nitrogen and oxygen atoms in total. The maximum Gasteiger partial charge on any atom is 0.307 e. The highest BCUT2D eigenvalue weighted by molar-refractivity contribution is 5.82. The lowest BCUT2D eigenvalue weighted by Gasteiger charge is -2.09. The van der Waals surface area contributed by atoms with Crippen molar-refractivity contribution in [3.8, 4) is 0 Å². The average Bonchev–Trinajstić information content (AvgIpc) is 2.30. The highest BCUT2D eigenvalue weighted by atomic mass is 16.4. The fourth-order valence-corrected chi connectivity index (χ4v) is 1.52. The molecule has 0 aromatic heterocycles. The van der Waals surface area contributed by atoms with Crippen molar-refractivity contribution >= 4 is 11.9 Å². The van der Waals surface area contributed by atoms with Gasteiger partial charge in [-0.15, -0.1) is 0 Å². The van der Waals surface area contributed by atoms with Gasteiger partial charge in [0.15, 0.2) is 0 Å². The van der Waals surface area contributed by atoms with E-state index in [1.165, 1.54) is 0 Å². The molecule has 0 aromatic rings. The molecule has 0 fully saturated rings. The van der Waals surface area contributed by atoms with Crippen molar-refractivity contribution in [3.05, 3.63) is 0 Å². The largest absolute Gasteiger partial charge is 0.481 e. The van der Waals surface area contributed by atoms with Crippen LogP contribution in [0.5, 0.6) is 0 Å². The van der Waals surface area contributed by atoms with E-state index in [-0.39, 0.29) is 18.9 Å². The topological polar surface area (TPSA) is 86.6 Å². The Kier molecular flexibility index (Phi) is 9.43. The minimum atomic E-state index is -0.911. The monoisotopic (exact) mass is 245 g/mol. The Bertz CT molecular complexity index is 231. The fraction of sp³-hybridized carbons (Fsp3) is 0.833. The number of carboxylic acids is 1. The highest BCUT2D eigenvalue weighted by Gasteiger charge is 2.18. The SMILES string of the molecule is CCC(CC(=O)NCCCCCCO)C(=O)O. The summed E-state index contributed by atoms with van der Waals surface area (Å²) >= 11 is 0. The van der Waals surface area contributed by atoms with Crippen LogP contribution in [0.3, 0.4) is 0 Å². The number of hydrogen-bond acceptors (Lipinski definition) is 3. The van der Waals surface area contributed by atoms with Crippen molar-refractivity contribution < 1.29 is 19.8 Å². The van der Waals surface area contributed by atoms with E-state index in [4.69, 9.17) is 10.2 Å². The van der Waals surface area contributed by atoms with Gasteiger partial charge in [-0.1, -0.05) is 19.8 Å². The number of carbonyl (C=O) groups is 2. The third-order valence-electron chi connectivity index (χ3n) is 2.68. The standard InChI is InChI=1S/C12H23NO4/c1-2-10(12(16)17)9-11(15)13-7-5-3-4-6-8-14/h10,14H,2-9H2,1H3,(H,13,15)(H,16,17). The Morgan fingerprint density at radius 2 is 1.82 bits per heavy atom. The molecule has 0 heterocycles. The van der Waals surface area contributed by atoms with Crippen molar-refractivity contribution in [1.29, 1.82) is 0 Å². The van der Waals surface area contributed by atoms with Gasteiger partial charge >= 0.3 is 5.97 Å². The van der Waals surface area contributed by atoms with Crippen LogP contribution in [0.15, 0.2) is 0 Å². The van der Waals surface area contributed by atoms with Crippen LogP contribution < -0.4 is 5.32 Å². The minimum absolute atomic E-state index is 0.0580. The van der Waals surface area contributed by atoms with Gasteiger partial charge in [0.05, 0.1) is 5.92 Å². The quantitative estimate of drug-likeness (QED) is 0.504. The Balaban J connectivity index is 3.55. The molecule has 1 unspecified atom stereocenters. The number of aliphatic hydroxyl groups excluding tert-OH is 1. The summed E-state index contributed by atoms with van der Waals surface area (Å²) in [5.41, 5.74) is 0. The second kappa shape index (κ2) is 10.1. The summed E-state index contributed by atoms with van der Waals surface area (Å²) in [7, 11) is 0. The lowest BCUT2D eigenvalue weighted by atomic mass is 10.0. The first-order valence-electron chi connectivity index (χ1n) is 6.22. The summed E-state index contributed by atoms with van der Waals surface area (Å²) in [5, 5.41) is 20.1. The predicted octanol–water partition coefficient (Wildman–Crippen LogP) is 1.16. The van der Waals surface area contributed by atoms with E-state index in [1.807, 2.05) is 0 Å². The Hall–Kier alpha value is -1.10. The van der Waals surface area contributed by atoms with Crippen LogP contribution in [0, 0.1) is 5.92 Å². The normalized spacial score (nSPS) is 12.1. The van der Waals surface area contributed by atoms with Crippen LogP contribution in [0.25, 0.3) is 0 Å². The molecule has 0 saturated carbocycles. The first kappa shape index (κ1) is 15.9. The Morgan fingerprint density at radius 1 is 1.18 bits per heavy atom. The van der Waals surface area contributed by atoms with E-state index < -0.39 is 11.9 Å². The Labute approximate surface area is 102 Å². The summed E-state index contributed by atoms with van der Waals surface area (Å²) in [6.45, 7) is 2.56. The second-order valence-corrected chi connectivity index (χ2v) is 4.14. The molecule has 0 saturated heterocycles. The van der Waals surface area contributed by atoms with Gasteiger partial charge in [0.1, 0.15) is 0 Å². The number of amides is 1. The van der Waals surface area contributed by atoms with E-state index in [2.05, 4.69) is 5.32 Å². The van der Waals surface area contributed by atoms with Gasteiger partial charge in [-0.25, -0.2) is 0 Å². The second-order valence-electron chi connectivity index (χ2n) is 4.14. The van der Waals surface area contributed by atoms with Crippen molar-refractivity contribution in [2.45, 2.75) is 45.4 Å². The molecular weight excluding hydrogens is 222 g/mol. The summed E-state index contributed by atoms with van der Waals surface area (Å²) in [6, 6.07) is 0. The molecule has 5 heteroatoms. The summed E-state index contributed by atoms with van der Waals surface area (Å²) in [4.78, 5) is 22.1. The maximum atomic E-state index is 11.4. The molecule has 0 radical (unpaired) electrons. The number of aliphatic hydroxyl groups is 1. The van der Waals surface area contributed by atoms with Gasteiger partial charge in [-0.2, -0.15) is 0 Å². The van der Waals surface area contributed by atoms with E-state index in [0.29, 0.717) is 13.0 Å². The smallest absolute Gasteiger partial charge is 0.307 e. The van der Waals surface area contributed by atoms with Gasteiger partial charge in [0.25, 0.3) is 0 Å². The van der Waals surface area contributed by atoms with Crippen LogP contribution in [0.1, 0.15) is 45.4 Å². The van der Waals surface area contributed by atoms with E-state index >= 15 is 0 Å². The lowest BCUT2D eigenvalue weighted by Crippen LogP contribution is -2.28. The predicted molar refractivity (Wildman–Crippen MR) is 64.6 cm³/mol. The third kappa shape index (κ3) is 8.68. The van der Waals surface area contributed by atoms with Crippen LogP contribution in [-0.4, -0.2) is 35.2 Å². The average molecular weight is 245 g/mol. The molecule has 3 N–H and O–H groups in total. The summed E-state index contributed by atoms with van der Waals surface area (Å²) in [5.74, 6) is -1.68. The van der Waals surface area contributed by atoms with Crippen molar-refractivity contribution in [1.82, 2.24) is 5.32 Å². The zero-order valence-electron chi connectivity index (χ0n) is 10.4. The third-order valence-corrected chi connectivity index (χ3v) is 2.68. The molecule has 0 aliphatic rings. The molecule has 1 amide bonds. The molecule has 100 valence electrons. The summed E-state index contributed by atoms with van der Waals surface area (Å²) in [6.07, 6.45) is 4.12. The molecule has 0 rings (SSSR count). The van der Waals surface area contributed by atoms with Gasteiger partial charge in [0, 0.05) is 19.6 Å². The highest BCUT2D eigenvalue weighted by Crippen LogP contribution is 2.07. The van der Waals surface area contributed by atoms with Crippen LogP contribution >= 0.6 is 0 Å². The zero-order chi connectivity index (χ0) is 13.1. The van der Waals surface area contributed by atoms with E-state index in [0.717, 1.165) is 25.7 Å². The number of aliphatic carboxylic acids is 1. The molecule has 1 atom stereocenters. The molecule has 0 spiro atoms. The zero-order valence-corrected chi connectivity index (χ0v) is 10.4. The first-order chi connectivity index (χ1) is 8.11. The van der Waals surface area contributed by atoms with Gasteiger partial charge in [-0.05, 0) is 19.3 Å². The van der Waals surface area contributed by atoms with Crippen molar-refractivity contribution in [3.63, 3.8) is 0 Å². The van der Waals surface area contributed by atoms with Gasteiger partial charge in [0.2, 0.25) is 5.91 Å². The molecule has 0 bridgehead atoms. The van der Waals surface area contributed by atoms with Crippen LogP contribution in [0.2, 0.25) is 0 Å². The van der Waals surface area contributed by atoms with Crippen molar-refractivity contribution in [2.75, 3.05) is 13.2 Å². The van der Waals surface area contributed by atoms with Crippen LogP contribution in [-0.2, 0) is 9.59 Å². The summed E-state index contributed by atoms with van der Waals surface area (Å²) < 4.78 is 0. The number of hydrogen-bond donors (Lipinski definition) is 3. The van der Waals surface area contributed by atoms with E-state index in [9.17, 15) is 9.59 Å². The first-order valence-corrected chi connectivity index (χ1v) is 6.22. The van der Waals surface area contributed by atoms with E-state index in [1.54, 1.807) is 6.92 Å². The number of carbonyl (C=O) groups excluding carboxylic acids is 1.